The van der Waals surface area contributed by atoms with Crippen LogP contribution >= 0.6 is 11.8 Å². The van der Waals surface area contributed by atoms with Crippen molar-refractivity contribution >= 4 is 22.9 Å². The van der Waals surface area contributed by atoms with E-state index in [1.165, 1.54) is 28.8 Å². The number of nitrogens with one attached hydrogen (secondary N) is 1. The summed E-state index contributed by atoms with van der Waals surface area (Å²) in [6.07, 6.45) is 3.41. The van der Waals surface area contributed by atoms with Gasteiger partial charge in [0.15, 0.2) is 0 Å². The van der Waals surface area contributed by atoms with Gasteiger partial charge >= 0.3 is 0 Å². The van der Waals surface area contributed by atoms with Gasteiger partial charge in [-0.2, -0.15) is 0 Å². The third-order valence-electron chi connectivity index (χ3n) is 3.80. The van der Waals surface area contributed by atoms with Crippen molar-refractivity contribution in [3.63, 3.8) is 0 Å². The van der Waals surface area contributed by atoms with Gasteiger partial charge in [0.05, 0.1) is 0 Å². The van der Waals surface area contributed by atoms with Gasteiger partial charge in [-0.15, -0.1) is 0 Å². The van der Waals surface area contributed by atoms with Gasteiger partial charge in [-0.1, -0.05) is 23.9 Å². The monoisotopic (exact) mass is 348 g/mol. The van der Waals surface area contributed by atoms with Gasteiger partial charge in [0.2, 0.25) is 5.91 Å². The van der Waals surface area contributed by atoms with Crippen LogP contribution in [0.4, 0.5) is 9.18 Å². The number of benzene rings is 1. The molecule has 2 amide bonds. The summed E-state index contributed by atoms with van der Waals surface area (Å²) in [5, 5.41) is 2.81. The van der Waals surface area contributed by atoms with E-state index in [1.54, 1.807) is 29.1 Å². The molecule has 0 bridgehead atoms. The molecule has 2 aromatic rings. The lowest BCUT2D eigenvalue weighted by Gasteiger charge is -2.21. The van der Waals surface area contributed by atoms with E-state index >= 15 is 0 Å². The minimum atomic E-state index is -0.511. The first-order valence-corrected chi connectivity index (χ1v) is 8.47. The molecule has 1 aromatic heterocycles. The number of hydrogen-bond donors (Lipinski definition) is 1. The average molecular weight is 348 g/mol. The third kappa shape index (κ3) is 3.59. The van der Waals surface area contributed by atoms with E-state index in [2.05, 4.69) is 10.3 Å². The Balaban J connectivity index is 1.80. The summed E-state index contributed by atoms with van der Waals surface area (Å²) in [4.78, 5) is 29.8. The average Bonchev–Trinajstić information content (AvgIpc) is 3.15. The maximum Gasteiger partial charge on any atom is 0.282 e. The first kappa shape index (κ1) is 16.5. The predicted molar refractivity (Wildman–Crippen MR) is 89.0 cm³/mol. The number of amides is 2. The molecule has 24 heavy (non-hydrogen) atoms. The van der Waals surface area contributed by atoms with Crippen LogP contribution in [0.2, 0.25) is 0 Å². The molecule has 1 aliphatic heterocycles. The van der Waals surface area contributed by atoms with Crippen LogP contribution in [-0.4, -0.2) is 44.4 Å². The molecule has 2 heterocycles. The van der Waals surface area contributed by atoms with E-state index in [9.17, 15) is 14.0 Å². The molecule has 0 radical (unpaired) electrons. The molecule has 1 atom stereocenters. The molecule has 1 saturated heterocycles. The lowest BCUT2D eigenvalue weighted by Crippen LogP contribution is -2.40. The topological polar surface area (TPSA) is 67.2 Å². The maximum atomic E-state index is 13.2. The molecule has 6 nitrogen and oxygen atoms in total. The van der Waals surface area contributed by atoms with Crippen LogP contribution < -0.4 is 5.32 Å². The molecular formula is C16H17FN4O2S. The number of aromatic nitrogens is 2. The second-order valence-corrected chi connectivity index (χ2v) is 6.53. The second kappa shape index (κ2) is 7.04. The molecule has 1 fully saturated rings. The highest BCUT2D eigenvalue weighted by Gasteiger charge is 2.26. The molecule has 1 N–H and O–H groups in total. The lowest BCUT2D eigenvalue weighted by atomic mass is 10.1. The van der Waals surface area contributed by atoms with Gasteiger partial charge in [-0.3, -0.25) is 9.59 Å². The Bertz CT molecular complexity index is 747. The van der Waals surface area contributed by atoms with E-state index in [-0.39, 0.29) is 23.5 Å². The molecule has 8 heteroatoms. The second-order valence-electron chi connectivity index (χ2n) is 5.48. The van der Waals surface area contributed by atoms with Gasteiger partial charge in [0, 0.05) is 31.7 Å². The zero-order chi connectivity index (χ0) is 17.1. The van der Waals surface area contributed by atoms with Gasteiger partial charge in [0.25, 0.3) is 5.24 Å². The van der Waals surface area contributed by atoms with Gasteiger partial charge in [-0.05, 0) is 17.7 Å². The van der Waals surface area contributed by atoms with Crippen LogP contribution in [0.25, 0.3) is 0 Å². The summed E-state index contributed by atoms with van der Waals surface area (Å²) in [5.41, 5.74) is 0.723. The fourth-order valence-corrected chi connectivity index (χ4v) is 3.38. The van der Waals surface area contributed by atoms with E-state index in [1.807, 2.05) is 7.05 Å². The Labute approximate surface area is 143 Å². The molecule has 1 aromatic carbocycles. The highest BCUT2D eigenvalue weighted by atomic mass is 32.2. The summed E-state index contributed by atoms with van der Waals surface area (Å²) in [6.45, 7) is 0.578. The Hall–Kier alpha value is -2.35. The Morgan fingerprint density at radius 2 is 2.17 bits per heavy atom. The number of nitrogens with zero attached hydrogens (tertiary/aromatic N) is 3. The van der Waals surface area contributed by atoms with Crippen molar-refractivity contribution in [2.75, 3.05) is 18.8 Å². The summed E-state index contributed by atoms with van der Waals surface area (Å²) in [5.74, 6) is 0.718. The van der Waals surface area contributed by atoms with Crippen molar-refractivity contribution in [3.8, 4) is 0 Å². The lowest BCUT2D eigenvalue weighted by molar-refractivity contribution is -0.122. The number of carbonyl (C=O) groups is 2. The summed E-state index contributed by atoms with van der Waals surface area (Å²) >= 11 is 1.21. The molecule has 0 spiro atoms. The van der Waals surface area contributed by atoms with E-state index in [0.717, 1.165) is 5.56 Å². The number of imidazole rings is 1. The molecule has 0 aliphatic carbocycles. The van der Waals surface area contributed by atoms with Crippen molar-refractivity contribution in [1.82, 2.24) is 19.8 Å². The van der Waals surface area contributed by atoms with Crippen molar-refractivity contribution in [3.05, 3.63) is 53.9 Å². The quantitative estimate of drug-likeness (QED) is 0.897. The van der Waals surface area contributed by atoms with Crippen LogP contribution in [0.5, 0.6) is 0 Å². The first-order valence-electron chi connectivity index (χ1n) is 7.48. The Morgan fingerprint density at radius 3 is 2.75 bits per heavy atom. The minimum Gasteiger partial charge on any atom is -0.341 e. The van der Waals surface area contributed by atoms with Crippen LogP contribution in [0.15, 0.2) is 36.7 Å². The molecule has 0 saturated carbocycles. The Morgan fingerprint density at radius 1 is 1.42 bits per heavy atom. The first-order chi connectivity index (χ1) is 11.5. The molecule has 3 rings (SSSR count). The van der Waals surface area contributed by atoms with Crippen LogP contribution in [-0.2, 0) is 11.8 Å². The predicted octanol–water partition coefficient (Wildman–Crippen LogP) is 1.93. The van der Waals surface area contributed by atoms with Crippen molar-refractivity contribution < 1.29 is 14.0 Å². The summed E-state index contributed by atoms with van der Waals surface area (Å²) in [6, 6.07) is 5.41. The number of carbonyl (C=O) groups excluding carboxylic acids is 2. The molecule has 126 valence electrons. The van der Waals surface area contributed by atoms with Crippen molar-refractivity contribution in [2.45, 2.75) is 6.04 Å². The highest BCUT2D eigenvalue weighted by molar-refractivity contribution is 8.13. The number of halogens is 1. The van der Waals surface area contributed by atoms with E-state index in [4.69, 9.17) is 0 Å². The van der Waals surface area contributed by atoms with Crippen molar-refractivity contribution in [1.29, 1.82) is 0 Å². The van der Waals surface area contributed by atoms with Crippen molar-refractivity contribution in [2.24, 2.45) is 7.05 Å². The molecule has 1 aliphatic rings. The molecular weight excluding hydrogens is 331 g/mol. The minimum absolute atomic E-state index is 0.00789. The highest BCUT2D eigenvalue weighted by Crippen LogP contribution is 2.21. The van der Waals surface area contributed by atoms with E-state index < -0.39 is 6.04 Å². The van der Waals surface area contributed by atoms with Gasteiger partial charge in [-0.25, -0.2) is 9.37 Å². The van der Waals surface area contributed by atoms with Crippen LogP contribution in [0.3, 0.4) is 0 Å². The van der Waals surface area contributed by atoms with E-state index in [0.29, 0.717) is 18.1 Å². The number of rotatable bonds is 5. The molecule has 0 unspecified atom stereocenters. The fourth-order valence-electron chi connectivity index (χ4n) is 2.56. The zero-order valence-electron chi connectivity index (χ0n) is 13.1. The normalized spacial score (nSPS) is 15.6. The van der Waals surface area contributed by atoms with Gasteiger partial charge in [0.1, 0.15) is 24.2 Å². The summed E-state index contributed by atoms with van der Waals surface area (Å²) < 4.78 is 15.0. The largest absolute Gasteiger partial charge is 0.341 e. The standard InChI is InChI=1S/C16H17FN4O2S/c1-20-7-6-18-15(20)14(11-2-4-12(17)5-3-11)19-13(22)10-21-8-9-24-16(21)23/h2-7,14H,8-10H2,1H3,(H,19,22)/t14-/m0/s1. The smallest absolute Gasteiger partial charge is 0.282 e. The van der Waals surface area contributed by atoms with Gasteiger partial charge < -0.3 is 14.8 Å². The van der Waals surface area contributed by atoms with Crippen LogP contribution in [0.1, 0.15) is 17.4 Å². The maximum absolute atomic E-state index is 13.2. The summed E-state index contributed by atoms with van der Waals surface area (Å²) in [7, 11) is 1.83. The zero-order valence-corrected chi connectivity index (χ0v) is 13.9. The number of aryl methyl sites for hydroxylation is 1. The Kier molecular flexibility index (Phi) is 4.84. The fraction of sp³-hybridized carbons (Fsp3) is 0.312. The van der Waals surface area contributed by atoms with Crippen LogP contribution in [0, 0.1) is 5.82 Å². The third-order valence-corrected chi connectivity index (χ3v) is 4.70. The SMILES string of the molecule is Cn1ccnc1[C@@H](NC(=O)CN1CCSC1=O)c1ccc(F)cc1. The number of hydrogen-bond acceptors (Lipinski definition) is 4. The number of thioether (sulfide) groups is 1.